The van der Waals surface area contributed by atoms with Crippen LogP contribution in [0.25, 0.3) is 0 Å². The van der Waals surface area contributed by atoms with E-state index in [1.165, 1.54) is 0 Å². The van der Waals surface area contributed by atoms with Crippen LogP contribution in [0, 0.1) is 5.92 Å². The number of amides is 1. The quantitative estimate of drug-likeness (QED) is 0.658. The first-order valence-electron chi connectivity index (χ1n) is 8.75. The zero-order chi connectivity index (χ0) is 19.2. The third kappa shape index (κ3) is 6.14. The van der Waals surface area contributed by atoms with Gasteiger partial charge in [0.15, 0.2) is 0 Å². The predicted molar refractivity (Wildman–Crippen MR) is 107 cm³/mol. The summed E-state index contributed by atoms with van der Waals surface area (Å²) in [7, 11) is -3.57. The number of hydrogen-bond acceptors (Lipinski definition) is 4. The average Bonchev–Trinajstić information content (AvgIpc) is 3.10. The summed E-state index contributed by atoms with van der Waals surface area (Å²) in [5, 5.41) is 4.70. The molecule has 0 radical (unpaired) electrons. The molecule has 1 aromatic carbocycles. The summed E-state index contributed by atoms with van der Waals surface area (Å²) in [5.41, 5.74) is 0.944. The molecule has 2 rings (SSSR count). The fourth-order valence-corrected chi connectivity index (χ4v) is 4.57. The summed E-state index contributed by atoms with van der Waals surface area (Å²) < 4.78 is 27.2. The molecule has 26 heavy (non-hydrogen) atoms. The lowest BCUT2D eigenvalue weighted by Crippen LogP contribution is -2.32. The number of benzene rings is 1. The summed E-state index contributed by atoms with van der Waals surface area (Å²) in [6.07, 6.45) is 3.18. The molecule has 7 heteroatoms. The van der Waals surface area contributed by atoms with E-state index in [1.807, 2.05) is 6.92 Å². The van der Waals surface area contributed by atoms with Gasteiger partial charge in [-0.05, 0) is 55.0 Å². The van der Waals surface area contributed by atoms with Gasteiger partial charge in [0, 0.05) is 17.3 Å². The molecule has 142 valence electrons. The van der Waals surface area contributed by atoms with Crippen LogP contribution in [0.5, 0.6) is 0 Å². The zero-order valence-electron chi connectivity index (χ0n) is 15.4. The van der Waals surface area contributed by atoms with Crippen molar-refractivity contribution >= 4 is 33.0 Å². The molecule has 0 aliphatic rings. The van der Waals surface area contributed by atoms with E-state index in [1.54, 1.807) is 41.8 Å². The molecule has 2 N–H and O–H groups in total. The normalized spacial score (nSPS) is 12.8. The Morgan fingerprint density at radius 2 is 1.77 bits per heavy atom. The van der Waals surface area contributed by atoms with Crippen LogP contribution in [-0.2, 0) is 10.0 Å². The Balaban J connectivity index is 1.91. The number of nitrogens with one attached hydrogen (secondary N) is 2. The van der Waals surface area contributed by atoms with Crippen molar-refractivity contribution in [1.29, 1.82) is 0 Å². The van der Waals surface area contributed by atoms with Gasteiger partial charge in [0.1, 0.15) is 4.21 Å². The first-order chi connectivity index (χ1) is 12.3. The zero-order valence-corrected chi connectivity index (χ0v) is 17.0. The van der Waals surface area contributed by atoms with Crippen LogP contribution < -0.4 is 10.0 Å². The highest BCUT2D eigenvalue weighted by Crippen LogP contribution is 2.20. The molecule has 0 saturated heterocycles. The number of thiophene rings is 1. The molecule has 0 fully saturated rings. The minimum absolute atomic E-state index is 0.109. The van der Waals surface area contributed by atoms with Gasteiger partial charge in [-0.25, -0.2) is 8.42 Å². The van der Waals surface area contributed by atoms with Crippen molar-refractivity contribution < 1.29 is 13.2 Å². The van der Waals surface area contributed by atoms with Gasteiger partial charge < -0.3 is 5.32 Å². The highest BCUT2D eigenvalue weighted by atomic mass is 32.2. The van der Waals surface area contributed by atoms with Gasteiger partial charge in [-0.3, -0.25) is 9.52 Å². The largest absolute Gasteiger partial charge is 0.350 e. The fraction of sp³-hybridized carbons (Fsp3) is 0.421. The molecular formula is C19H26N2O3S2. The molecule has 0 bridgehead atoms. The van der Waals surface area contributed by atoms with E-state index in [0.29, 0.717) is 17.2 Å². The highest BCUT2D eigenvalue weighted by molar-refractivity contribution is 7.94. The molecule has 0 spiro atoms. The molecule has 1 unspecified atom stereocenters. The van der Waals surface area contributed by atoms with E-state index in [0.717, 1.165) is 30.6 Å². The first-order valence-corrected chi connectivity index (χ1v) is 11.1. The molecule has 2 aromatic rings. The molecule has 5 nitrogen and oxygen atoms in total. The van der Waals surface area contributed by atoms with Crippen LogP contribution >= 0.6 is 11.3 Å². The van der Waals surface area contributed by atoms with Crippen molar-refractivity contribution in [2.45, 2.75) is 50.3 Å². The molecule has 1 aromatic heterocycles. The van der Waals surface area contributed by atoms with Gasteiger partial charge in [-0.2, -0.15) is 0 Å². The minimum Gasteiger partial charge on any atom is -0.350 e. The Bertz CT molecular complexity index is 798. The lowest BCUT2D eigenvalue weighted by Gasteiger charge is -2.15. The third-order valence-corrected chi connectivity index (χ3v) is 6.73. The van der Waals surface area contributed by atoms with E-state index in [4.69, 9.17) is 0 Å². The summed E-state index contributed by atoms with van der Waals surface area (Å²) in [4.78, 5) is 12.3. The fourth-order valence-electron chi connectivity index (χ4n) is 2.52. The number of carbonyl (C=O) groups is 1. The highest BCUT2D eigenvalue weighted by Gasteiger charge is 2.15. The number of anilines is 1. The third-order valence-electron chi connectivity index (χ3n) is 3.96. The van der Waals surface area contributed by atoms with Crippen molar-refractivity contribution in [1.82, 2.24) is 5.32 Å². The standard InChI is InChI=1S/C19H26N2O3S2/c1-14(2)6-4-7-15(3)20-19(22)16-9-11-17(12-10-16)21-26(23,24)18-8-5-13-25-18/h5,8-15,21H,4,6-7H2,1-3H3,(H,20,22). The summed E-state index contributed by atoms with van der Waals surface area (Å²) in [6.45, 7) is 6.39. The molecule has 0 aliphatic heterocycles. The summed E-state index contributed by atoms with van der Waals surface area (Å²) >= 11 is 1.16. The predicted octanol–water partition coefficient (Wildman–Crippen LogP) is 4.49. The number of hydrogen-bond donors (Lipinski definition) is 2. The number of sulfonamides is 1. The van der Waals surface area contributed by atoms with Gasteiger partial charge in [0.25, 0.3) is 15.9 Å². The number of carbonyl (C=O) groups excluding carboxylic acids is 1. The van der Waals surface area contributed by atoms with Crippen molar-refractivity contribution in [3.8, 4) is 0 Å². The summed E-state index contributed by atoms with van der Waals surface area (Å²) in [6, 6.07) is 9.81. The maximum Gasteiger partial charge on any atom is 0.271 e. The molecule has 0 saturated carbocycles. The molecule has 1 heterocycles. The summed E-state index contributed by atoms with van der Waals surface area (Å²) in [5.74, 6) is 0.526. The van der Waals surface area contributed by atoms with Crippen LogP contribution in [0.2, 0.25) is 0 Å². The monoisotopic (exact) mass is 394 g/mol. The van der Waals surface area contributed by atoms with Crippen molar-refractivity contribution in [2.75, 3.05) is 4.72 Å². The van der Waals surface area contributed by atoms with Crippen LogP contribution in [0.4, 0.5) is 5.69 Å². The Kier molecular flexibility index (Phi) is 7.23. The van der Waals surface area contributed by atoms with E-state index >= 15 is 0 Å². The smallest absolute Gasteiger partial charge is 0.271 e. The van der Waals surface area contributed by atoms with Crippen molar-refractivity contribution in [3.05, 3.63) is 47.3 Å². The van der Waals surface area contributed by atoms with Gasteiger partial charge >= 0.3 is 0 Å². The van der Waals surface area contributed by atoms with Gasteiger partial charge in [0.2, 0.25) is 0 Å². The first kappa shape index (κ1) is 20.5. The van der Waals surface area contributed by atoms with Gasteiger partial charge in [-0.1, -0.05) is 32.8 Å². The molecule has 1 atom stereocenters. The second-order valence-electron chi connectivity index (χ2n) is 6.81. The second-order valence-corrected chi connectivity index (χ2v) is 9.67. The maximum atomic E-state index is 12.3. The minimum atomic E-state index is -3.57. The maximum absolute atomic E-state index is 12.3. The van der Waals surface area contributed by atoms with Crippen molar-refractivity contribution in [3.63, 3.8) is 0 Å². The molecular weight excluding hydrogens is 368 g/mol. The van der Waals surface area contributed by atoms with Gasteiger partial charge in [0.05, 0.1) is 0 Å². The Morgan fingerprint density at radius 3 is 2.35 bits per heavy atom. The van der Waals surface area contributed by atoms with Crippen LogP contribution in [-0.4, -0.2) is 20.4 Å². The topological polar surface area (TPSA) is 75.3 Å². The molecule has 0 aliphatic carbocycles. The lowest BCUT2D eigenvalue weighted by atomic mass is 10.0. The van der Waals surface area contributed by atoms with Crippen LogP contribution in [0.1, 0.15) is 50.4 Å². The van der Waals surface area contributed by atoms with Crippen molar-refractivity contribution in [2.24, 2.45) is 5.92 Å². The van der Waals surface area contributed by atoms with Crippen LogP contribution in [0.3, 0.4) is 0 Å². The van der Waals surface area contributed by atoms with Crippen LogP contribution in [0.15, 0.2) is 46.0 Å². The average molecular weight is 395 g/mol. The van der Waals surface area contributed by atoms with Gasteiger partial charge in [-0.15, -0.1) is 11.3 Å². The Labute approximate surface area is 159 Å². The van der Waals surface area contributed by atoms with E-state index in [2.05, 4.69) is 23.9 Å². The SMILES string of the molecule is CC(C)CCCC(C)NC(=O)c1ccc(NS(=O)(=O)c2cccs2)cc1. The van der Waals surface area contributed by atoms with E-state index in [9.17, 15) is 13.2 Å². The lowest BCUT2D eigenvalue weighted by molar-refractivity contribution is 0.0938. The molecule has 1 amide bonds. The Morgan fingerprint density at radius 1 is 1.08 bits per heavy atom. The van der Waals surface area contributed by atoms with E-state index in [-0.39, 0.29) is 16.2 Å². The Hall–Kier alpha value is -1.86. The van der Waals surface area contributed by atoms with E-state index < -0.39 is 10.0 Å². The number of rotatable bonds is 9. The second kappa shape index (κ2) is 9.19.